The van der Waals surface area contributed by atoms with E-state index in [0.29, 0.717) is 11.3 Å². The van der Waals surface area contributed by atoms with Crippen LogP contribution in [0.25, 0.3) is 0 Å². The summed E-state index contributed by atoms with van der Waals surface area (Å²) in [6.45, 7) is 1.29. The molecule has 0 N–H and O–H groups in total. The molecule has 3 aromatic carbocycles. The number of nitrogens with zero attached hydrogens (tertiary/aromatic N) is 2. The average Bonchev–Trinajstić information content (AvgIpc) is 3.29. The number of benzene rings is 3. The Kier molecular flexibility index (Phi) is 6.88. The Balaban J connectivity index is 0.00000267. The maximum Gasteiger partial charge on any atom is 0.107 e. The number of piperidine rings is 1. The quantitative estimate of drug-likeness (QED) is 0.397. The molecular weight excluding hydrogens is 504 g/mol. The SMILES string of the molecule is C[N+]1(CCCc2ccccc2)[C@H]2CCC23C[C@@H](CC(C#N)(c2ccccc2)c2ccccc2)C[C@@H]31.[Br-]. The number of aryl methyl sites for hydroxylation is 1. The van der Waals surface area contributed by atoms with E-state index in [0.717, 1.165) is 29.6 Å². The molecule has 36 heavy (non-hydrogen) atoms. The number of hydrogen-bond donors (Lipinski definition) is 0. The standard InChI is InChI=1S/C33H37N2.BrH/c1-35(21-11-14-26-12-5-2-6-13-26)30-19-20-32(30)23-27(22-31(32)35)24-33(25-34,28-15-7-3-8-16-28)29-17-9-4-10-18-29;/h2-10,12-13,15-18,27,30-31H,11,14,19-24H2,1H3;1H/q+1;/p-1/t27-,30-,31-,32?,35?;/m0./s1. The molecule has 0 aromatic heterocycles. The van der Waals surface area contributed by atoms with Gasteiger partial charge in [-0.05, 0) is 48.3 Å². The average molecular weight is 542 g/mol. The van der Waals surface area contributed by atoms with Gasteiger partial charge in [0.15, 0.2) is 0 Å². The van der Waals surface area contributed by atoms with Crippen molar-refractivity contribution >= 4 is 0 Å². The molecule has 1 heterocycles. The molecule has 5 atom stereocenters. The van der Waals surface area contributed by atoms with E-state index in [9.17, 15) is 5.26 Å². The molecule has 1 saturated heterocycles. The van der Waals surface area contributed by atoms with E-state index in [1.165, 1.54) is 55.1 Å². The molecule has 2 unspecified atom stereocenters. The lowest BCUT2D eigenvalue weighted by molar-refractivity contribution is -1.03. The molecule has 1 spiro atoms. The highest BCUT2D eigenvalue weighted by Crippen LogP contribution is 2.70. The number of hydrogen-bond acceptors (Lipinski definition) is 1. The minimum absolute atomic E-state index is 0. The molecule has 3 aromatic rings. The van der Waals surface area contributed by atoms with Crippen LogP contribution in [0.1, 0.15) is 55.2 Å². The lowest BCUT2D eigenvalue weighted by Gasteiger charge is -2.71. The van der Waals surface area contributed by atoms with Gasteiger partial charge in [-0.25, -0.2) is 0 Å². The Bertz CT molecular complexity index is 1170. The van der Waals surface area contributed by atoms with Gasteiger partial charge in [0.25, 0.3) is 0 Å². The number of likely N-dealkylation sites (tertiary alicyclic amines) is 1. The van der Waals surface area contributed by atoms with Gasteiger partial charge in [-0.2, -0.15) is 5.26 Å². The number of nitriles is 1. The normalized spacial score (nSPS) is 30.1. The van der Waals surface area contributed by atoms with Crippen LogP contribution in [0.5, 0.6) is 0 Å². The van der Waals surface area contributed by atoms with Crippen molar-refractivity contribution in [3.05, 3.63) is 108 Å². The summed E-state index contributed by atoms with van der Waals surface area (Å²) >= 11 is 0. The monoisotopic (exact) mass is 540 g/mol. The van der Waals surface area contributed by atoms with Crippen LogP contribution in [0.2, 0.25) is 0 Å². The molecule has 3 fully saturated rings. The van der Waals surface area contributed by atoms with Crippen LogP contribution in [0.15, 0.2) is 91.0 Å². The number of halogens is 1. The fourth-order valence-corrected chi connectivity index (χ4v) is 8.61. The van der Waals surface area contributed by atoms with Gasteiger partial charge in [0.05, 0.1) is 25.1 Å². The van der Waals surface area contributed by atoms with Gasteiger partial charge in [-0.3, -0.25) is 0 Å². The molecule has 1 aliphatic heterocycles. The first-order valence-corrected chi connectivity index (χ1v) is 13.5. The topological polar surface area (TPSA) is 23.8 Å². The third-order valence-electron chi connectivity index (χ3n) is 10.1. The zero-order valence-corrected chi connectivity index (χ0v) is 22.9. The van der Waals surface area contributed by atoms with Crippen molar-refractivity contribution in [2.24, 2.45) is 11.3 Å². The van der Waals surface area contributed by atoms with Crippen molar-refractivity contribution in [3.8, 4) is 6.07 Å². The van der Waals surface area contributed by atoms with E-state index in [4.69, 9.17) is 0 Å². The van der Waals surface area contributed by atoms with Crippen LogP contribution in [-0.2, 0) is 11.8 Å². The highest BCUT2D eigenvalue weighted by Gasteiger charge is 2.77. The fraction of sp³-hybridized carbons (Fsp3) is 0.424. The molecule has 0 amide bonds. The highest BCUT2D eigenvalue weighted by atomic mass is 79.9. The Morgan fingerprint density at radius 3 is 2.00 bits per heavy atom. The molecule has 0 bridgehead atoms. The second-order valence-corrected chi connectivity index (χ2v) is 11.7. The van der Waals surface area contributed by atoms with Gasteiger partial charge >= 0.3 is 0 Å². The molecule has 2 aliphatic carbocycles. The minimum atomic E-state index is -0.566. The van der Waals surface area contributed by atoms with Crippen LogP contribution in [-0.4, -0.2) is 30.2 Å². The van der Waals surface area contributed by atoms with Crippen molar-refractivity contribution < 1.29 is 21.5 Å². The van der Waals surface area contributed by atoms with Crippen LogP contribution in [0, 0.1) is 22.7 Å². The Labute approximate surface area is 227 Å². The summed E-state index contributed by atoms with van der Waals surface area (Å²) < 4.78 is 1.28. The van der Waals surface area contributed by atoms with Gasteiger partial charge in [-0.1, -0.05) is 91.0 Å². The summed E-state index contributed by atoms with van der Waals surface area (Å²) in [6, 6.07) is 36.5. The highest BCUT2D eigenvalue weighted by molar-refractivity contribution is 5.46. The van der Waals surface area contributed by atoms with Gasteiger partial charge < -0.3 is 21.5 Å². The van der Waals surface area contributed by atoms with E-state index in [2.05, 4.69) is 104 Å². The summed E-state index contributed by atoms with van der Waals surface area (Å²) in [5.41, 5.74) is 3.75. The lowest BCUT2D eigenvalue weighted by Crippen LogP contribution is -3.00. The minimum Gasteiger partial charge on any atom is -1.00 e. The molecule has 2 nitrogen and oxygen atoms in total. The van der Waals surface area contributed by atoms with Crippen LogP contribution in [0.4, 0.5) is 0 Å². The van der Waals surface area contributed by atoms with Gasteiger partial charge in [-0.15, -0.1) is 0 Å². The molecule has 0 radical (unpaired) electrons. The van der Waals surface area contributed by atoms with E-state index in [1.54, 1.807) is 0 Å². The zero-order valence-electron chi connectivity index (χ0n) is 21.3. The third-order valence-corrected chi connectivity index (χ3v) is 10.1. The van der Waals surface area contributed by atoms with Gasteiger partial charge in [0.2, 0.25) is 0 Å². The van der Waals surface area contributed by atoms with Crippen LogP contribution < -0.4 is 17.0 Å². The Morgan fingerprint density at radius 2 is 1.47 bits per heavy atom. The summed E-state index contributed by atoms with van der Waals surface area (Å²) in [6.07, 6.45) is 8.79. The molecule has 2 saturated carbocycles. The maximum atomic E-state index is 10.7. The van der Waals surface area contributed by atoms with E-state index < -0.39 is 5.41 Å². The second-order valence-electron chi connectivity index (χ2n) is 11.7. The van der Waals surface area contributed by atoms with Crippen molar-refractivity contribution in [2.75, 3.05) is 13.6 Å². The predicted molar refractivity (Wildman–Crippen MR) is 142 cm³/mol. The van der Waals surface area contributed by atoms with Crippen molar-refractivity contribution in [2.45, 2.75) is 62.4 Å². The van der Waals surface area contributed by atoms with Gasteiger partial charge in [0.1, 0.15) is 17.5 Å². The number of quaternary nitrogens is 1. The van der Waals surface area contributed by atoms with Crippen LogP contribution >= 0.6 is 0 Å². The second kappa shape index (κ2) is 9.81. The molecule has 3 heteroatoms. The van der Waals surface area contributed by atoms with E-state index >= 15 is 0 Å². The van der Waals surface area contributed by atoms with Crippen molar-refractivity contribution in [1.82, 2.24) is 0 Å². The first-order chi connectivity index (χ1) is 17.1. The van der Waals surface area contributed by atoms with E-state index in [-0.39, 0.29) is 17.0 Å². The number of rotatable bonds is 8. The fourth-order valence-electron chi connectivity index (χ4n) is 8.61. The van der Waals surface area contributed by atoms with Crippen LogP contribution in [0.3, 0.4) is 0 Å². The molecular formula is C33H37BrN2. The smallest absolute Gasteiger partial charge is 0.107 e. The summed E-state index contributed by atoms with van der Waals surface area (Å²) in [5.74, 6) is 0.608. The van der Waals surface area contributed by atoms with Crippen molar-refractivity contribution in [1.29, 1.82) is 5.26 Å². The largest absolute Gasteiger partial charge is 1.00 e. The predicted octanol–water partition coefficient (Wildman–Crippen LogP) is 3.91. The van der Waals surface area contributed by atoms with E-state index in [1.807, 2.05) is 0 Å². The zero-order chi connectivity index (χ0) is 23.9. The van der Waals surface area contributed by atoms with Crippen molar-refractivity contribution in [3.63, 3.8) is 0 Å². The maximum absolute atomic E-state index is 10.7. The molecule has 186 valence electrons. The lowest BCUT2D eigenvalue weighted by atomic mass is 9.51. The first kappa shape index (κ1) is 25.2. The Hall–Kier alpha value is -2.41. The van der Waals surface area contributed by atoms with Gasteiger partial charge in [0, 0.05) is 19.3 Å². The summed E-state index contributed by atoms with van der Waals surface area (Å²) in [7, 11) is 2.55. The third kappa shape index (κ3) is 3.85. The summed E-state index contributed by atoms with van der Waals surface area (Å²) in [4.78, 5) is 0. The molecule has 6 rings (SSSR count). The molecule has 3 aliphatic rings. The Morgan fingerprint density at radius 1 is 0.889 bits per heavy atom. The first-order valence-electron chi connectivity index (χ1n) is 13.5. The summed E-state index contributed by atoms with van der Waals surface area (Å²) in [5, 5.41) is 10.7.